The number of benzene rings is 1. The SMILES string of the molecule is Cc1ccccc1S(=O)Nc1cc(-c2ccccn2)sc1C(=O)O.O. The normalized spacial score (nSPS) is 11.4. The number of hydrogen-bond acceptors (Lipinski definition) is 4. The molecule has 6 nitrogen and oxygen atoms in total. The monoisotopic (exact) mass is 376 g/mol. The van der Waals surface area contributed by atoms with Crippen molar-refractivity contribution < 1.29 is 19.6 Å². The van der Waals surface area contributed by atoms with Crippen molar-refractivity contribution >= 4 is 34.0 Å². The lowest BCUT2D eigenvalue weighted by atomic mass is 10.2. The number of carboxylic acids is 1. The number of nitrogens with one attached hydrogen (secondary N) is 1. The zero-order chi connectivity index (χ0) is 17.1. The quantitative estimate of drug-likeness (QED) is 0.712. The van der Waals surface area contributed by atoms with Gasteiger partial charge in [-0.05, 0) is 36.8 Å². The number of rotatable bonds is 5. The molecule has 0 saturated carbocycles. The standard InChI is InChI=1S/C17H14N2O3S2.H2O/c1-11-6-2-3-8-15(11)24(22)19-13-10-14(23-16(13)17(20)21)12-7-4-5-9-18-12;/h2-10,19H,1H3,(H,20,21);1H2. The zero-order valence-corrected chi connectivity index (χ0v) is 14.9. The molecule has 1 atom stereocenters. The molecule has 0 aliphatic heterocycles. The summed E-state index contributed by atoms with van der Waals surface area (Å²) in [5, 5.41) is 9.41. The summed E-state index contributed by atoms with van der Waals surface area (Å²) in [4.78, 5) is 17.2. The fourth-order valence-electron chi connectivity index (χ4n) is 2.18. The summed E-state index contributed by atoms with van der Waals surface area (Å²) in [7, 11) is -1.54. The second kappa shape index (κ2) is 8.02. The average Bonchev–Trinajstić information content (AvgIpc) is 3.00. The molecule has 3 rings (SSSR count). The molecule has 8 heteroatoms. The maximum atomic E-state index is 12.6. The summed E-state index contributed by atoms with van der Waals surface area (Å²) in [5.41, 5.74) is 1.88. The van der Waals surface area contributed by atoms with Gasteiger partial charge < -0.3 is 10.6 Å². The molecule has 0 radical (unpaired) electrons. The van der Waals surface area contributed by atoms with Crippen LogP contribution < -0.4 is 4.72 Å². The summed E-state index contributed by atoms with van der Waals surface area (Å²) in [6, 6.07) is 14.4. The smallest absolute Gasteiger partial charge is 0.348 e. The van der Waals surface area contributed by atoms with Crippen LogP contribution in [0.2, 0.25) is 0 Å². The highest BCUT2D eigenvalue weighted by molar-refractivity contribution is 7.86. The molecule has 0 aliphatic carbocycles. The molecule has 0 amide bonds. The summed E-state index contributed by atoms with van der Waals surface area (Å²) in [6.45, 7) is 1.86. The van der Waals surface area contributed by atoms with Crippen LogP contribution in [-0.2, 0) is 11.0 Å². The lowest BCUT2D eigenvalue weighted by Gasteiger charge is -2.07. The third kappa shape index (κ3) is 4.11. The minimum atomic E-state index is -1.54. The van der Waals surface area contributed by atoms with Gasteiger partial charge in [-0.3, -0.25) is 9.71 Å². The van der Waals surface area contributed by atoms with Gasteiger partial charge in [-0.15, -0.1) is 11.3 Å². The second-order valence-corrected chi connectivity index (χ2v) is 7.24. The maximum Gasteiger partial charge on any atom is 0.348 e. The number of pyridine rings is 1. The van der Waals surface area contributed by atoms with Crippen LogP contribution in [0.1, 0.15) is 15.2 Å². The van der Waals surface area contributed by atoms with Gasteiger partial charge in [0.15, 0.2) is 11.0 Å². The Bertz CT molecular complexity index is 910. The first-order valence-corrected chi connectivity index (χ1v) is 9.05. The number of nitrogens with zero attached hydrogens (tertiary/aromatic N) is 1. The van der Waals surface area contributed by atoms with Gasteiger partial charge in [0.2, 0.25) is 0 Å². The lowest BCUT2D eigenvalue weighted by Crippen LogP contribution is -2.08. The highest BCUT2D eigenvalue weighted by Crippen LogP contribution is 2.34. The van der Waals surface area contributed by atoms with Crippen molar-refractivity contribution in [2.45, 2.75) is 11.8 Å². The number of anilines is 1. The van der Waals surface area contributed by atoms with Crippen LogP contribution in [0.3, 0.4) is 0 Å². The van der Waals surface area contributed by atoms with E-state index in [-0.39, 0.29) is 10.4 Å². The van der Waals surface area contributed by atoms with Crippen LogP contribution in [0.5, 0.6) is 0 Å². The molecular formula is C17H16N2O4S2. The Hall–Kier alpha value is -2.55. The first-order valence-electron chi connectivity index (χ1n) is 7.09. The number of carboxylic acid groups (broad SMARTS) is 1. The third-order valence-electron chi connectivity index (χ3n) is 3.34. The highest BCUT2D eigenvalue weighted by Gasteiger charge is 2.19. The molecule has 2 heterocycles. The van der Waals surface area contributed by atoms with E-state index < -0.39 is 17.0 Å². The van der Waals surface area contributed by atoms with E-state index in [1.807, 2.05) is 25.1 Å². The molecule has 1 aromatic carbocycles. The summed E-state index contributed by atoms with van der Waals surface area (Å²) in [5.74, 6) is -1.06. The van der Waals surface area contributed by atoms with Gasteiger partial charge in [0.05, 0.1) is 21.2 Å². The van der Waals surface area contributed by atoms with Crippen LogP contribution in [0.4, 0.5) is 5.69 Å². The molecule has 3 aromatic rings. The van der Waals surface area contributed by atoms with Gasteiger partial charge in [0.25, 0.3) is 0 Å². The van der Waals surface area contributed by atoms with Crippen LogP contribution in [0, 0.1) is 6.92 Å². The Labute approximate surface area is 151 Å². The van der Waals surface area contributed by atoms with E-state index in [0.717, 1.165) is 16.9 Å². The molecule has 0 spiro atoms. The predicted octanol–water partition coefficient (Wildman–Crippen LogP) is 3.13. The van der Waals surface area contributed by atoms with E-state index in [2.05, 4.69) is 9.71 Å². The van der Waals surface area contributed by atoms with Crippen molar-refractivity contribution in [3.8, 4) is 10.6 Å². The number of aromatic nitrogens is 1. The van der Waals surface area contributed by atoms with E-state index in [0.29, 0.717) is 21.2 Å². The molecule has 25 heavy (non-hydrogen) atoms. The molecule has 2 aromatic heterocycles. The van der Waals surface area contributed by atoms with Crippen LogP contribution in [0.25, 0.3) is 10.6 Å². The van der Waals surface area contributed by atoms with Gasteiger partial charge in [0, 0.05) is 6.20 Å². The van der Waals surface area contributed by atoms with Gasteiger partial charge in [-0.25, -0.2) is 9.00 Å². The van der Waals surface area contributed by atoms with Gasteiger partial charge >= 0.3 is 5.97 Å². The van der Waals surface area contributed by atoms with Crippen molar-refractivity contribution in [2.24, 2.45) is 0 Å². The van der Waals surface area contributed by atoms with Crippen LogP contribution in [0.15, 0.2) is 59.6 Å². The van der Waals surface area contributed by atoms with Crippen molar-refractivity contribution in [1.29, 1.82) is 0 Å². The molecule has 0 fully saturated rings. The Kier molecular flexibility index (Phi) is 6.02. The lowest BCUT2D eigenvalue weighted by molar-refractivity contribution is 0.0703. The minimum Gasteiger partial charge on any atom is -0.477 e. The first-order chi connectivity index (χ1) is 11.6. The maximum absolute atomic E-state index is 12.6. The summed E-state index contributed by atoms with van der Waals surface area (Å²) >= 11 is 1.10. The second-order valence-electron chi connectivity index (χ2n) is 5.01. The van der Waals surface area contributed by atoms with Crippen LogP contribution in [-0.4, -0.2) is 25.7 Å². The zero-order valence-electron chi connectivity index (χ0n) is 13.2. The van der Waals surface area contributed by atoms with E-state index in [1.165, 1.54) is 0 Å². The van der Waals surface area contributed by atoms with Crippen molar-refractivity contribution in [1.82, 2.24) is 4.98 Å². The number of aryl methyl sites for hydroxylation is 1. The van der Waals surface area contributed by atoms with Crippen LogP contribution >= 0.6 is 11.3 Å². The van der Waals surface area contributed by atoms with E-state index >= 15 is 0 Å². The molecule has 0 aliphatic rings. The Morgan fingerprint density at radius 1 is 1.20 bits per heavy atom. The molecule has 1 unspecified atom stereocenters. The van der Waals surface area contributed by atoms with E-state index in [9.17, 15) is 14.1 Å². The van der Waals surface area contributed by atoms with Gasteiger partial charge in [-0.2, -0.15) is 0 Å². The predicted molar refractivity (Wildman–Crippen MR) is 99.3 cm³/mol. The van der Waals surface area contributed by atoms with Gasteiger partial charge in [-0.1, -0.05) is 24.3 Å². The Morgan fingerprint density at radius 2 is 1.92 bits per heavy atom. The summed E-state index contributed by atoms with van der Waals surface area (Å²) < 4.78 is 15.4. The largest absolute Gasteiger partial charge is 0.477 e. The molecule has 0 saturated heterocycles. The highest BCUT2D eigenvalue weighted by atomic mass is 32.2. The first kappa shape index (κ1) is 18.8. The third-order valence-corrected chi connectivity index (χ3v) is 5.75. The van der Waals surface area contributed by atoms with Crippen molar-refractivity contribution in [3.05, 3.63) is 65.2 Å². The van der Waals surface area contributed by atoms with Gasteiger partial charge in [0.1, 0.15) is 4.88 Å². The molecule has 4 N–H and O–H groups in total. The number of hydrogen-bond donors (Lipinski definition) is 2. The average molecular weight is 376 g/mol. The Balaban J connectivity index is 0.00000225. The molecule has 130 valence electrons. The topological polar surface area (TPSA) is 111 Å². The Morgan fingerprint density at radius 3 is 2.56 bits per heavy atom. The number of thiophene rings is 1. The summed E-state index contributed by atoms with van der Waals surface area (Å²) in [6.07, 6.45) is 1.65. The van der Waals surface area contributed by atoms with E-state index in [1.54, 1.807) is 36.5 Å². The molecular weight excluding hydrogens is 360 g/mol. The van der Waals surface area contributed by atoms with Crippen molar-refractivity contribution in [3.63, 3.8) is 0 Å². The fraction of sp³-hybridized carbons (Fsp3) is 0.0588. The minimum absolute atomic E-state index is 0. The fourth-order valence-corrected chi connectivity index (χ4v) is 4.21. The van der Waals surface area contributed by atoms with E-state index in [4.69, 9.17) is 0 Å². The number of aromatic carboxylic acids is 1. The number of carbonyl (C=O) groups is 1. The van der Waals surface area contributed by atoms with Crippen molar-refractivity contribution in [2.75, 3.05) is 4.72 Å². The molecule has 0 bridgehead atoms.